The number of carbonyl (C=O) groups excluding carboxylic acids is 1. The average Bonchev–Trinajstić information content (AvgIpc) is 2.79. The minimum Gasteiger partial charge on any atom is -0.305 e. The lowest BCUT2D eigenvalue weighted by atomic mass is 10.1. The average molecular weight is 302 g/mol. The molecule has 0 bridgehead atoms. The quantitative estimate of drug-likeness (QED) is 0.693. The summed E-state index contributed by atoms with van der Waals surface area (Å²) in [7, 11) is 0. The van der Waals surface area contributed by atoms with E-state index in [1.807, 2.05) is 25.5 Å². The van der Waals surface area contributed by atoms with Crippen molar-refractivity contribution >= 4 is 17.4 Å². The van der Waals surface area contributed by atoms with E-state index in [2.05, 4.69) is 10.4 Å². The van der Waals surface area contributed by atoms with Gasteiger partial charge in [-0.25, -0.2) is 0 Å². The van der Waals surface area contributed by atoms with Crippen LogP contribution in [-0.4, -0.2) is 20.6 Å². The highest BCUT2D eigenvalue weighted by Gasteiger charge is 2.15. The van der Waals surface area contributed by atoms with E-state index in [1.165, 1.54) is 18.2 Å². The second kappa shape index (κ2) is 5.97. The lowest BCUT2D eigenvalue weighted by Crippen LogP contribution is -2.13. The lowest BCUT2D eigenvalue weighted by molar-refractivity contribution is -0.385. The van der Waals surface area contributed by atoms with Crippen LogP contribution >= 0.6 is 0 Å². The van der Waals surface area contributed by atoms with E-state index >= 15 is 0 Å². The van der Waals surface area contributed by atoms with Crippen LogP contribution in [0.4, 0.5) is 11.5 Å². The Labute approximate surface area is 128 Å². The van der Waals surface area contributed by atoms with Crippen molar-refractivity contribution in [2.24, 2.45) is 0 Å². The van der Waals surface area contributed by atoms with Gasteiger partial charge in [-0.05, 0) is 39.8 Å². The van der Waals surface area contributed by atoms with Crippen molar-refractivity contribution in [2.45, 2.75) is 33.7 Å². The van der Waals surface area contributed by atoms with Crippen molar-refractivity contribution < 1.29 is 9.72 Å². The molecule has 0 spiro atoms. The van der Waals surface area contributed by atoms with Crippen molar-refractivity contribution in [2.75, 3.05) is 5.32 Å². The molecule has 0 aliphatic rings. The molecule has 0 radical (unpaired) electrons. The van der Waals surface area contributed by atoms with Gasteiger partial charge in [-0.1, -0.05) is 0 Å². The third kappa shape index (κ3) is 3.13. The number of rotatable bonds is 4. The Balaban J connectivity index is 2.21. The Morgan fingerprint density at radius 3 is 2.50 bits per heavy atom. The molecule has 7 heteroatoms. The van der Waals surface area contributed by atoms with Crippen LogP contribution in [-0.2, 0) is 0 Å². The largest absolute Gasteiger partial charge is 0.305 e. The minimum absolute atomic E-state index is 0.00326. The van der Waals surface area contributed by atoms with Crippen molar-refractivity contribution in [3.63, 3.8) is 0 Å². The second-order valence-corrected chi connectivity index (χ2v) is 5.42. The second-order valence-electron chi connectivity index (χ2n) is 5.42. The molecule has 0 fully saturated rings. The van der Waals surface area contributed by atoms with E-state index in [0.29, 0.717) is 16.9 Å². The standard InChI is InChI=1S/C15H18N4O3/c1-9(2)18-11(4)8-14(17-18)16-15(20)12-5-6-13(19(21)22)10(3)7-12/h5-9H,1-4H3,(H,16,17,20). The maximum Gasteiger partial charge on any atom is 0.272 e. The van der Waals surface area contributed by atoms with Crippen LogP contribution in [0.1, 0.15) is 41.5 Å². The maximum absolute atomic E-state index is 12.2. The molecule has 1 amide bonds. The van der Waals surface area contributed by atoms with Gasteiger partial charge in [0.25, 0.3) is 11.6 Å². The Morgan fingerprint density at radius 1 is 1.32 bits per heavy atom. The Morgan fingerprint density at radius 2 is 2.00 bits per heavy atom. The molecule has 7 nitrogen and oxygen atoms in total. The van der Waals surface area contributed by atoms with Gasteiger partial charge in [0.15, 0.2) is 5.82 Å². The summed E-state index contributed by atoms with van der Waals surface area (Å²) in [5.74, 6) is 0.124. The molecule has 1 heterocycles. The molecule has 1 aromatic carbocycles. The van der Waals surface area contributed by atoms with Crippen molar-refractivity contribution in [1.82, 2.24) is 9.78 Å². The first-order chi connectivity index (χ1) is 10.3. The van der Waals surface area contributed by atoms with E-state index in [4.69, 9.17) is 0 Å². The lowest BCUT2D eigenvalue weighted by Gasteiger charge is -2.07. The first kappa shape index (κ1) is 15.7. The molecule has 0 aliphatic carbocycles. The molecule has 0 atom stereocenters. The predicted octanol–water partition coefficient (Wildman–Crippen LogP) is 3.24. The third-order valence-electron chi connectivity index (χ3n) is 3.31. The normalized spacial score (nSPS) is 10.8. The minimum atomic E-state index is -0.468. The van der Waals surface area contributed by atoms with Crippen molar-refractivity contribution in [3.05, 3.63) is 51.2 Å². The Kier molecular flexibility index (Phi) is 4.25. The van der Waals surface area contributed by atoms with Gasteiger partial charge in [0.05, 0.1) is 4.92 Å². The number of aromatic nitrogens is 2. The highest BCUT2D eigenvalue weighted by Crippen LogP contribution is 2.20. The third-order valence-corrected chi connectivity index (χ3v) is 3.31. The van der Waals surface area contributed by atoms with Gasteiger partial charge in [0, 0.05) is 35.0 Å². The van der Waals surface area contributed by atoms with Crippen LogP contribution in [0.2, 0.25) is 0 Å². The highest BCUT2D eigenvalue weighted by atomic mass is 16.6. The van der Waals surface area contributed by atoms with Crippen LogP contribution in [0.15, 0.2) is 24.3 Å². The van der Waals surface area contributed by atoms with Crippen LogP contribution in [0, 0.1) is 24.0 Å². The molecule has 2 aromatic rings. The van der Waals surface area contributed by atoms with Gasteiger partial charge in [0.2, 0.25) is 0 Å². The Hall–Kier alpha value is -2.70. The molecule has 22 heavy (non-hydrogen) atoms. The molecular formula is C15H18N4O3. The molecule has 0 saturated heterocycles. The van der Waals surface area contributed by atoms with Gasteiger partial charge in [-0.2, -0.15) is 5.10 Å². The summed E-state index contributed by atoms with van der Waals surface area (Å²) in [5.41, 5.74) is 1.75. The zero-order valence-corrected chi connectivity index (χ0v) is 13.0. The summed E-state index contributed by atoms with van der Waals surface area (Å²) in [6.07, 6.45) is 0. The summed E-state index contributed by atoms with van der Waals surface area (Å²) >= 11 is 0. The van der Waals surface area contributed by atoms with Crippen LogP contribution in [0.25, 0.3) is 0 Å². The number of nitrogens with zero attached hydrogens (tertiary/aromatic N) is 3. The fraction of sp³-hybridized carbons (Fsp3) is 0.333. The summed E-state index contributed by atoms with van der Waals surface area (Å²) in [5, 5.41) is 17.8. The smallest absolute Gasteiger partial charge is 0.272 e. The number of amides is 1. The van der Waals surface area contributed by atoms with Gasteiger partial charge in [-0.3, -0.25) is 19.6 Å². The number of hydrogen-bond acceptors (Lipinski definition) is 4. The van der Waals surface area contributed by atoms with E-state index in [0.717, 1.165) is 5.69 Å². The van der Waals surface area contributed by atoms with Crippen LogP contribution < -0.4 is 5.32 Å². The molecular weight excluding hydrogens is 284 g/mol. The first-order valence-electron chi connectivity index (χ1n) is 6.92. The number of carbonyl (C=O) groups is 1. The zero-order chi connectivity index (χ0) is 16.4. The molecule has 0 saturated carbocycles. The molecule has 0 unspecified atom stereocenters. The zero-order valence-electron chi connectivity index (χ0n) is 13.0. The number of anilines is 1. The highest BCUT2D eigenvalue weighted by molar-refractivity contribution is 6.04. The SMILES string of the molecule is Cc1cc(C(=O)Nc2cc(C)n(C(C)C)n2)ccc1[N+](=O)[O-]. The molecule has 2 rings (SSSR count). The number of benzene rings is 1. The maximum atomic E-state index is 12.2. The van der Waals surface area contributed by atoms with E-state index in [1.54, 1.807) is 13.0 Å². The van der Waals surface area contributed by atoms with Crippen molar-refractivity contribution in [3.8, 4) is 0 Å². The van der Waals surface area contributed by atoms with Crippen LogP contribution in [0.5, 0.6) is 0 Å². The number of nitrogens with one attached hydrogen (secondary N) is 1. The molecule has 116 valence electrons. The monoisotopic (exact) mass is 302 g/mol. The number of hydrogen-bond donors (Lipinski definition) is 1. The fourth-order valence-corrected chi connectivity index (χ4v) is 2.26. The van der Waals surface area contributed by atoms with Gasteiger partial charge in [0.1, 0.15) is 0 Å². The number of aryl methyl sites for hydroxylation is 2. The fourth-order valence-electron chi connectivity index (χ4n) is 2.26. The first-order valence-corrected chi connectivity index (χ1v) is 6.92. The van der Waals surface area contributed by atoms with E-state index < -0.39 is 4.92 Å². The number of nitro benzene ring substituents is 1. The van der Waals surface area contributed by atoms with Gasteiger partial charge >= 0.3 is 0 Å². The summed E-state index contributed by atoms with van der Waals surface area (Å²) in [6, 6.07) is 6.26. The van der Waals surface area contributed by atoms with Gasteiger partial charge in [-0.15, -0.1) is 0 Å². The molecule has 1 aromatic heterocycles. The van der Waals surface area contributed by atoms with Gasteiger partial charge < -0.3 is 5.32 Å². The topological polar surface area (TPSA) is 90.1 Å². The predicted molar refractivity (Wildman–Crippen MR) is 83.1 cm³/mol. The molecule has 1 N–H and O–H groups in total. The summed E-state index contributed by atoms with van der Waals surface area (Å²) < 4.78 is 1.82. The molecule has 0 aliphatic heterocycles. The van der Waals surface area contributed by atoms with Crippen molar-refractivity contribution in [1.29, 1.82) is 0 Å². The number of nitro groups is 1. The van der Waals surface area contributed by atoms with E-state index in [9.17, 15) is 14.9 Å². The van der Waals surface area contributed by atoms with Crippen LogP contribution in [0.3, 0.4) is 0 Å². The summed E-state index contributed by atoms with van der Waals surface area (Å²) in [6.45, 7) is 7.53. The summed E-state index contributed by atoms with van der Waals surface area (Å²) in [4.78, 5) is 22.5. The van der Waals surface area contributed by atoms with E-state index in [-0.39, 0.29) is 17.6 Å². The Bertz CT molecular complexity index is 734.